The number of carbonyl (C=O) groups is 1. The molecule has 1 aliphatic heterocycles. The number of benzene rings is 2. The summed E-state index contributed by atoms with van der Waals surface area (Å²) >= 11 is 6.02. The second kappa shape index (κ2) is 10.5. The third-order valence-corrected chi connectivity index (χ3v) is 5.74. The summed E-state index contributed by atoms with van der Waals surface area (Å²) in [7, 11) is 0. The lowest BCUT2D eigenvalue weighted by atomic mass is 10.1. The van der Waals surface area contributed by atoms with Crippen molar-refractivity contribution >= 4 is 28.9 Å². The van der Waals surface area contributed by atoms with E-state index in [-0.39, 0.29) is 34.7 Å². The van der Waals surface area contributed by atoms with Crippen LogP contribution in [0.25, 0.3) is 0 Å². The zero-order valence-electron chi connectivity index (χ0n) is 18.0. The fourth-order valence-corrected chi connectivity index (χ4v) is 3.94. The number of rotatable bonds is 8. The average molecular weight is 470 g/mol. The molecule has 1 aliphatic rings. The maximum atomic E-state index is 12.5. The lowest BCUT2D eigenvalue weighted by molar-refractivity contribution is -0.384. The summed E-state index contributed by atoms with van der Waals surface area (Å²) < 4.78 is 11.1. The van der Waals surface area contributed by atoms with Gasteiger partial charge in [0, 0.05) is 24.4 Å². The standard InChI is InChI=1S/C24H24ClN3O5/c25-21-14-19(28(30)31)8-10-22(21)32-16-20-9-11-23(33-20)24(29)26-18-6-4-17(5-7-18)15-27-12-2-1-3-13-27/h4-11,14H,1-3,12-13,15-16H2,(H,26,29). The predicted octanol–water partition coefficient (Wildman–Crippen LogP) is 5.66. The Morgan fingerprint density at radius 3 is 2.55 bits per heavy atom. The summed E-state index contributed by atoms with van der Waals surface area (Å²) in [5.41, 5.74) is 1.79. The molecule has 1 aromatic heterocycles. The van der Waals surface area contributed by atoms with Gasteiger partial charge in [-0.2, -0.15) is 0 Å². The summed E-state index contributed by atoms with van der Waals surface area (Å²) in [6.07, 6.45) is 3.82. The molecule has 4 rings (SSSR count). The van der Waals surface area contributed by atoms with Crippen LogP contribution in [0.1, 0.15) is 41.1 Å². The Balaban J connectivity index is 1.30. The van der Waals surface area contributed by atoms with Crippen LogP contribution in [0.3, 0.4) is 0 Å². The number of nitro groups is 1. The van der Waals surface area contributed by atoms with Crippen LogP contribution in [0.2, 0.25) is 5.02 Å². The van der Waals surface area contributed by atoms with Gasteiger partial charge in [0.2, 0.25) is 0 Å². The van der Waals surface area contributed by atoms with Crippen molar-refractivity contribution in [3.63, 3.8) is 0 Å². The van der Waals surface area contributed by atoms with Crippen molar-refractivity contribution in [2.75, 3.05) is 18.4 Å². The number of nitrogens with zero attached hydrogens (tertiary/aromatic N) is 2. The first kappa shape index (κ1) is 22.8. The zero-order chi connectivity index (χ0) is 23.2. The highest BCUT2D eigenvalue weighted by atomic mass is 35.5. The molecule has 0 atom stereocenters. The molecule has 0 spiro atoms. The Hall–Kier alpha value is -3.36. The van der Waals surface area contributed by atoms with E-state index in [1.165, 1.54) is 43.0 Å². The molecule has 0 bridgehead atoms. The lowest BCUT2D eigenvalue weighted by Gasteiger charge is -2.26. The van der Waals surface area contributed by atoms with Crippen LogP contribution in [-0.2, 0) is 13.2 Å². The molecule has 1 fully saturated rings. The average Bonchev–Trinajstić information content (AvgIpc) is 3.29. The minimum atomic E-state index is -0.532. The first-order valence-electron chi connectivity index (χ1n) is 10.8. The summed E-state index contributed by atoms with van der Waals surface area (Å²) in [5, 5.41) is 13.7. The maximum Gasteiger partial charge on any atom is 0.291 e. The molecule has 1 saturated heterocycles. The molecule has 0 aliphatic carbocycles. The van der Waals surface area contributed by atoms with Crippen molar-refractivity contribution in [2.45, 2.75) is 32.4 Å². The van der Waals surface area contributed by atoms with Gasteiger partial charge in [-0.3, -0.25) is 19.8 Å². The van der Waals surface area contributed by atoms with Gasteiger partial charge in [-0.1, -0.05) is 30.2 Å². The minimum absolute atomic E-state index is 0.0238. The number of nitrogens with one attached hydrogen (secondary N) is 1. The Morgan fingerprint density at radius 1 is 1.09 bits per heavy atom. The Labute approximate surface area is 196 Å². The van der Waals surface area contributed by atoms with Crippen LogP contribution >= 0.6 is 11.6 Å². The molecule has 3 aromatic rings. The van der Waals surface area contributed by atoms with Gasteiger partial charge in [0.05, 0.1) is 9.95 Å². The summed E-state index contributed by atoms with van der Waals surface area (Å²) in [6, 6.07) is 15.0. The van der Waals surface area contributed by atoms with Crippen molar-refractivity contribution < 1.29 is 18.9 Å². The number of hydrogen-bond acceptors (Lipinski definition) is 6. The molecule has 2 heterocycles. The molecular formula is C24H24ClN3O5. The van der Waals surface area contributed by atoms with Gasteiger partial charge in [0.15, 0.2) is 5.76 Å². The number of furan rings is 1. The highest BCUT2D eigenvalue weighted by Gasteiger charge is 2.15. The lowest BCUT2D eigenvalue weighted by Crippen LogP contribution is -2.29. The van der Waals surface area contributed by atoms with Crippen molar-refractivity contribution in [3.8, 4) is 5.75 Å². The summed E-state index contributed by atoms with van der Waals surface area (Å²) in [4.78, 5) is 25.2. The van der Waals surface area contributed by atoms with Crippen LogP contribution in [-0.4, -0.2) is 28.8 Å². The minimum Gasteiger partial charge on any atom is -0.484 e. The Morgan fingerprint density at radius 2 is 1.85 bits per heavy atom. The smallest absolute Gasteiger partial charge is 0.291 e. The maximum absolute atomic E-state index is 12.5. The SMILES string of the molecule is O=C(Nc1ccc(CN2CCCCC2)cc1)c1ccc(COc2ccc([N+](=O)[O-])cc2Cl)o1. The van der Waals surface area contributed by atoms with Crippen LogP contribution < -0.4 is 10.1 Å². The second-order valence-corrected chi connectivity index (χ2v) is 8.32. The van der Waals surface area contributed by atoms with Gasteiger partial charge in [-0.15, -0.1) is 0 Å². The van der Waals surface area contributed by atoms with E-state index < -0.39 is 4.92 Å². The summed E-state index contributed by atoms with van der Waals surface area (Å²) in [6.45, 7) is 3.23. The Kier molecular flexibility index (Phi) is 7.26. The number of nitro benzene ring substituents is 1. The highest BCUT2D eigenvalue weighted by Crippen LogP contribution is 2.29. The molecule has 2 aromatic carbocycles. The van der Waals surface area contributed by atoms with Gasteiger partial charge in [0.1, 0.15) is 18.1 Å². The van der Waals surface area contributed by atoms with E-state index in [1.54, 1.807) is 12.1 Å². The third-order valence-electron chi connectivity index (χ3n) is 5.45. The van der Waals surface area contributed by atoms with Crippen LogP contribution in [0, 0.1) is 10.1 Å². The molecule has 0 saturated carbocycles. The molecule has 0 radical (unpaired) electrons. The fraction of sp³-hybridized carbons (Fsp3) is 0.292. The van der Waals surface area contributed by atoms with Crippen LogP contribution in [0.4, 0.5) is 11.4 Å². The third kappa shape index (κ3) is 6.12. The first-order valence-corrected chi connectivity index (χ1v) is 11.1. The first-order chi connectivity index (χ1) is 16.0. The van der Waals surface area contributed by atoms with Gasteiger partial charge >= 0.3 is 0 Å². The van der Waals surface area contributed by atoms with E-state index in [1.807, 2.05) is 24.3 Å². The van der Waals surface area contributed by atoms with Crippen LogP contribution in [0.15, 0.2) is 59.0 Å². The molecule has 9 heteroatoms. The van der Waals surface area contributed by atoms with E-state index in [0.29, 0.717) is 11.4 Å². The summed E-state index contributed by atoms with van der Waals surface area (Å²) in [5.74, 6) is 0.500. The molecule has 33 heavy (non-hydrogen) atoms. The number of likely N-dealkylation sites (tertiary alicyclic amines) is 1. The van der Waals surface area contributed by atoms with Gasteiger partial charge in [0.25, 0.3) is 11.6 Å². The van der Waals surface area contributed by atoms with E-state index in [2.05, 4.69) is 10.2 Å². The van der Waals surface area contributed by atoms with Crippen molar-refractivity contribution in [1.29, 1.82) is 0 Å². The number of amides is 1. The van der Waals surface area contributed by atoms with Crippen molar-refractivity contribution in [2.24, 2.45) is 0 Å². The van der Waals surface area contributed by atoms with E-state index >= 15 is 0 Å². The van der Waals surface area contributed by atoms with E-state index in [0.717, 1.165) is 19.6 Å². The molecule has 0 unspecified atom stereocenters. The van der Waals surface area contributed by atoms with Gasteiger partial charge in [-0.05, 0) is 61.8 Å². The number of anilines is 1. The van der Waals surface area contributed by atoms with E-state index in [9.17, 15) is 14.9 Å². The molecular weight excluding hydrogens is 446 g/mol. The number of ether oxygens (including phenoxy) is 1. The number of carbonyl (C=O) groups excluding carboxylic acids is 1. The number of piperidine rings is 1. The fourth-order valence-electron chi connectivity index (χ4n) is 3.71. The molecule has 1 amide bonds. The van der Waals surface area contributed by atoms with Crippen LogP contribution in [0.5, 0.6) is 5.75 Å². The van der Waals surface area contributed by atoms with Crippen molar-refractivity contribution in [1.82, 2.24) is 4.90 Å². The van der Waals surface area contributed by atoms with Crippen molar-refractivity contribution in [3.05, 3.63) is 86.8 Å². The van der Waals surface area contributed by atoms with Gasteiger partial charge < -0.3 is 14.5 Å². The number of non-ortho nitro benzene ring substituents is 1. The second-order valence-electron chi connectivity index (χ2n) is 7.91. The monoisotopic (exact) mass is 469 g/mol. The Bertz CT molecular complexity index is 1120. The molecule has 8 nitrogen and oxygen atoms in total. The predicted molar refractivity (Wildman–Crippen MR) is 125 cm³/mol. The molecule has 172 valence electrons. The molecule has 1 N–H and O–H groups in total. The number of hydrogen-bond donors (Lipinski definition) is 1. The largest absolute Gasteiger partial charge is 0.484 e. The van der Waals surface area contributed by atoms with E-state index in [4.69, 9.17) is 20.8 Å². The zero-order valence-corrected chi connectivity index (χ0v) is 18.7. The quantitative estimate of drug-likeness (QED) is 0.337. The topological polar surface area (TPSA) is 97.9 Å². The highest BCUT2D eigenvalue weighted by molar-refractivity contribution is 6.32. The normalized spacial score (nSPS) is 14.1. The van der Waals surface area contributed by atoms with Gasteiger partial charge in [-0.25, -0.2) is 0 Å². The number of halogens is 1.